The molecule has 0 amide bonds. The van der Waals surface area contributed by atoms with Crippen LogP contribution in [0.2, 0.25) is 0 Å². The maximum absolute atomic E-state index is 14.4. The normalized spacial score (nSPS) is 13.4. The van der Waals surface area contributed by atoms with Crippen LogP contribution in [0.5, 0.6) is 0 Å². The summed E-state index contributed by atoms with van der Waals surface area (Å²) in [4.78, 5) is 33.1. The molecular formula is C36H37NO4. The van der Waals surface area contributed by atoms with E-state index in [0.29, 0.717) is 11.3 Å². The Morgan fingerprint density at radius 2 is 1.17 bits per heavy atom. The lowest BCUT2D eigenvalue weighted by molar-refractivity contribution is -0.156. The fraction of sp³-hybridized carbons (Fsp3) is 0.250. The molecule has 0 fully saturated rings. The summed E-state index contributed by atoms with van der Waals surface area (Å²) in [6, 6.07) is 38.9. The Labute approximate surface area is 242 Å². The van der Waals surface area contributed by atoms with E-state index in [1.807, 2.05) is 135 Å². The van der Waals surface area contributed by atoms with Gasteiger partial charge >= 0.3 is 11.9 Å². The van der Waals surface area contributed by atoms with Crippen LogP contribution in [0, 0.1) is 5.41 Å². The average Bonchev–Trinajstić information content (AvgIpc) is 3.02. The number of aliphatic imine (C=N–C) groups is 1. The standard InChI is InChI=1S/C36H37NO4/c1-5-41-33(38)35(2,3)26-31(27-18-10-6-11-19-27)36(34(39)40-4,30-24-16-9-17-25-30)37-32(28-20-12-7-13-21-28)29-22-14-8-15-23-29/h6-25,31H,5,26H2,1-4H3. The monoisotopic (exact) mass is 547 g/mol. The number of hydrogen-bond donors (Lipinski definition) is 0. The molecular weight excluding hydrogens is 510 g/mol. The maximum atomic E-state index is 14.4. The van der Waals surface area contributed by atoms with Gasteiger partial charge in [-0.1, -0.05) is 121 Å². The molecule has 5 heteroatoms. The minimum atomic E-state index is -1.54. The quantitative estimate of drug-likeness (QED) is 0.145. The molecule has 0 saturated heterocycles. The summed E-state index contributed by atoms with van der Waals surface area (Å²) < 4.78 is 11.1. The third-order valence-corrected chi connectivity index (χ3v) is 7.34. The molecule has 0 aromatic heterocycles. The summed E-state index contributed by atoms with van der Waals surface area (Å²) in [7, 11) is 1.39. The molecule has 5 nitrogen and oxygen atoms in total. The highest BCUT2D eigenvalue weighted by molar-refractivity contribution is 6.14. The number of carbonyl (C=O) groups excluding carboxylic acids is 2. The first-order chi connectivity index (χ1) is 19.8. The third-order valence-electron chi connectivity index (χ3n) is 7.34. The van der Waals surface area contributed by atoms with E-state index in [0.717, 1.165) is 16.7 Å². The van der Waals surface area contributed by atoms with E-state index in [1.54, 1.807) is 6.92 Å². The van der Waals surface area contributed by atoms with E-state index in [4.69, 9.17) is 14.5 Å². The van der Waals surface area contributed by atoms with Crippen LogP contribution in [0.3, 0.4) is 0 Å². The Hall–Kier alpha value is -4.51. The lowest BCUT2D eigenvalue weighted by Crippen LogP contribution is -2.45. The summed E-state index contributed by atoms with van der Waals surface area (Å²) in [5.41, 5.74) is 1.43. The largest absolute Gasteiger partial charge is 0.467 e. The molecule has 2 atom stereocenters. The molecule has 0 N–H and O–H groups in total. The van der Waals surface area contributed by atoms with Crippen LogP contribution < -0.4 is 0 Å². The molecule has 2 unspecified atom stereocenters. The number of rotatable bonds is 11. The van der Waals surface area contributed by atoms with Crippen molar-refractivity contribution in [2.24, 2.45) is 10.4 Å². The zero-order chi connectivity index (χ0) is 29.3. The van der Waals surface area contributed by atoms with Crippen molar-refractivity contribution >= 4 is 17.7 Å². The molecule has 0 heterocycles. The minimum absolute atomic E-state index is 0.267. The van der Waals surface area contributed by atoms with Gasteiger partial charge in [0.25, 0.3) is 0 Å². The Kier molecular flexibility index (Phi) is 9.51. The first-order valence-corrected chi connectivity index (χ1v) is 13.9. The Morgan fingerprint density at radius 1 is 0.707 bits per heavy atom. The van der Waals surface area contributed by atoms with Crippen LogP contribution in [-0.4, -0.2) is 31.4 Å². The van der Waals surface area contributed by atoms with Gasteiger partial charge in [-0.3, -0.25) is 9.79 Å². The van der Waals surface area contributed by atoms with Gasteiger partial charge < -0.3 is 9.47 Å². The van der Waals surface area contributed by atoms with Gasteiger partial charge in [0.2, 0.25) is 0 Å². The van der Waals surface area contributed by atoms with Crippen molar-refractivity contribution in [3.63, 3.8) is 0 Å². The predicted octanol–water partition coefficient (Wildman–Crippen LogP) is 7.36. The smallest absolute Gasteiger partial charge is 0.339 e. The van der Waals surface area contributed by atoms with E-state index in [9.17, 15) is 9.59 Å². The number of carbonyl (C=O) groups is 2. The minimum Gasteiger partial charge on any atom is -0.467 e. The second-order valence-electron chi connectivity index (χ2n) is 10.6. The first kappa shape index (κ1) is 29.5. The van der Waals surface area contributed by atoms with Crippen molar-refractivity contribution in [1.82, 2.24) is 0 Å². The summed E-state index contributed by atoms with van der Waals surface area (Å²) in [5, 5.41) is 0. The van der Waals surface area contributed by atoms with Crippen molar-refractivity contribution in [1.29, 1.82) is 0 Å². The van der Waals surface area contributed by atoms with E-state index in [-0.39, 0.29) is 19.0 Å². The third kappa shape index (κ3) is 6.46. The molecule has 4 rings (SSSR count). The molecule has 4 aromatic rings. The molecule has 41 heavy (non-hydrogen) atoms. The van der Waals surface area contributed by atoms with Crippen LogP contribution in [0.4, 0.5) is 0 Å². The van der Waals surface area contributed by atoms with Gasteiger partial charge in [-0.05, 0) is 38.3 Å². The van der Waals surface area contributed by atoms with E-state index < -0.39 is 22.8 Å². The summed E-state index contributed by atoms with van der Waals surface area (Å²) >= 11 is 0. The number of nitrogens with zero attached hydrogens (tertiary/aromatic N) is 1. The van der Waals surface area contributed by atoms with Crippen LogP contribution in [0.1, 0.15) is 55.4 Å². The van der Waals surface area contributed by atoms with Gasteiger partial charge in [0.15, 0.2) is 5.54 Å². The first-order valence-electron chi connectivity index (χ1n) is 13.9. The van der Waals surface area contributed by atoms with Crippen molar-refractivity contribution in [2.75, 3.05) is 13.7 Å². The SMILES string of the molecule is CCOC(=O)C(C)(C)CC(c1ccccc1)C(N=C(c1ccccc1)c1ccccc1)(C(=O)OC)c1ccccc1. The molecule has 0 bridgehead atoms. The fourth-order valence-electron chi connectivity index (χ4n) is 5.27. The van der Waals surface area contributed by atoms with Crippen LogP contribution >= 0.6 is 0 Å². The van der Waals surface area contributed by atoms with E-state index in [1.165, 1.54) is 7.11 Å². The molecule has 4 aromatic carbocycles. The van der Waals surface area contributed by atoms with Crippen LogP contribution in [-0.2, 0) is 24.6 Å². The highest BCUT2D eigenvalue weighted by Gasteiger charge is 2.52. The summed E-state index contributed by atoms with van der Waals surface area (Å²) in [6.07, 6.45) is 0.278. The van der Waals surface area contributed by atoms with Gasteiger partial charge in [-0.2, -0.15) is 0 Å². The fourth-order valence-corrected chi connectivity index (χ4v) is 5.27. The number of methoxy groups -OCH3 is 1. The lowest BCUT2D eigenvalue weighted by atomic mass is 9.67. The average molecular weight is 548 g/mol. The van der Waals surface area contributed by atoms with Crippen molar-refractivity contribution in [3.05, 3.63) is 144 Å². The zero-order valence-corrected chi connectivity index (χ0v) is 24.1. The summed E-state index contributed by atoms with van der Waals surface area (Å²) in [5.74, 6) is -1.43. The second-order valence-corrected chi connectivity index (χ2v) is 10.6. The zero-order valence-electron chi connectivity index (χ0n) is 24.1. The van der Waals surface area contributed by atoms with Crippen molar-refractivity contribution in [3.8, 4) is 0 Å². The maximum Gasteiger partial charge on any atom is 0.339 e. The number of benzene rings is 4. The molecule has 0 spiro atoms. The molecule has 0 radical (unpaired) electrons. The van der Waals surface area contributed by atoms with Crippen LogP contribution in [0.15, 0.2) is 126 Å². The molecule has 0 aliphatic heterocycles. The Morgan fingerprint density at radius 3 is 1.63 bits per heavy atom. The summed E-state index contributed by atoms with van der Waals surface area (Å²) in [6.45, 7) is 5.77. The van der Waals surface area contributed by atoms with Crippen molar-refractivity contribution in [2.45, 2.75) is 38.6 Å². The van der Waals surface area contributed by atoms with Crippen molar-refractivity contribution < 1.29 is 19.1 Å². The molecule has 0 aliphatic carbocycles. The lowest BCUT2D eigenvalue weighted by Gasteiger charge is -2.40. The number of ether oxygens (including phenoxy) is 2. The second kappa shape index (κ2) is 13.2. The van der Waals surface area contributed by atoms with Gasteiger partial charge in [-0.25, -0.2) is 4.79 Å². The highest BCUT2D eigenvalue weighted by Crippen LogP contribution is 2.48. The Bertz CT molecular complexity index is 1410. The number of esters is 2. The van der Waals surface area contributed by atoms with Crippen LogP contribution in [0.25, 0.3) is 0 Å². The van der Waals surface area contributed by atoms with E-state index >= 15 is 0 Å². The van der Waals surface area contributed by atoms with Gasteiger partial charge in [0, 0.05) is 17.0 Å². The van der Waals surface area contributed by atoms with Gasteiger partial charge in [-0.15, -0.1) is 0 Å². The van der Waals surface area contributed by atoms with Gasteiger partial charge in [0.1, 0.15) is 0 Å². The molecule has 0 saturated carbocycles. The topological polar surface area (TPSA) is 65.0 Å². The number of hydrogen-bond acceptors (Lipinski definition) is 5. The molecule has 210 valence electrons. The molecule has 0 aliphatic rings. The highest BCUT2D eigenvalue weighted by atomic mass is 16.5. The Balaban J connectivity index is 2.11. The van der Waals surface area contributed by atoms with E-state index in [2.05, 4.69) is 0 Å². The van der Waals surface area contributed by atoms with Gasteiger partial charge in [0.05, 0.1) is 24.8 Å². The predicted molar refractivity (Wildman–Crippen MR) is 163 cm³/mol.